The first kappa shape index (κ1) is 11.5. The summed E-state index contributed by atoms with van der Waals surface area (Å²) in [6.45, 7) is 1.54. The lowest BCUT2D eigenvalue weighted by atomic mass is 10.1. The number of nitrogens with zero attached hydrogens (tertiary/aromatic N) is 1. The summed E-state index contributed by atoms with van der Waals surface area (Å²) in [5.74, 6) is 1.05. The highest BCUT2D eigenvalue weighted by Gasteiger charge is 2.21. The van der Waals surface area contributed by atoms with Crippen LogP contribution in [0.4, 0.5) is 0 Å². The van der Waals surface area contributed by atoms with Crippen molar-refractivity contribution in [3.63, 3.8) is 0 Å². The Morgan fingerprint density at radius 2 is 2.50 bits per heavy atom. The zero-order valence-corrected chi connectivity index (χ0v) is 9.95. The van der Waals surface area contributed by atoms with Gasteiger partial charge in [-0.25, -0.2) is 0 Å². The molecular weight excluding hydrogens is 226 g/mol. The van der Waals surface area contributed by atoms with Crippen LogP contribution >= 0.6 is 11.6 Å². The standard InChI is InChI=1S/C12H16ClNO2/c13-10-3-1-7-14(9-10)12(15)6-5-11-4-2-8-16-11/h2,4,8,10H,1,3,5-7,9H2. The highest BCUT2D eigenvalue weighted by Crippen LogP contribution is 2.16. The second-order valence-electron chi connectivity index (χ2n) is 4.16. The number of rotatable bonds is 3. The molecule has 0 N–H and O–H groups in total. The zero-order chi connectivity index (χ0) is 11.4. The number of likely N-dealkylation sites (tertiary alicyclic amines) is 1. The quantitative estimate of drug-likeness (QED) is 0.762. The van der Waals surface area contributed by atoms with Crippen LogP contribution < -0.4 is 0 Å². The predicted molar refractivity (Wildman–Crippen MR) is 62.5 cm³/mol. The van der Waals surface area contributed by atoms with Crippen molar-refractivity contribution < 1.29 is 9.21 Å². The first-order valence-electron chi connectivity index (χ1n) is 5.70. The van der Waals surface area contributed by atoms with Crippen LogP contribution in [0.15, 0.2) is 22.8 Å². The van der Waals surface area contributed by atoms with Gasteiger partial charge in [0.15, 0.2) is 0 Å². The van der Waals surface area contributed by atoms with Crippen molar-refractivity contribution in [2.45, 2.75) is 31.1 Å². The molecule has 16 heavy (non-hydrogen) atoms. The minimum Gasteiger partial charge on any atom is -0.469 e. The van der Waals surface area contributed by atoms with E-state index < -0.39 is 0 Å². The van der Waals surface area contributed by atoms with E-state index in [0.29, 0.717) is 19.4 Å². The van der Waals surface area contributed by atoms with Crippen LogP contribution in [0.25, 0.3) is 0 Å². The maximum absolute atomic E-state index is 11.9. The number of carbonyl (C=O) groups excluding carboxylic acids is 1. The van der Waals surface area contributed by atoms with E-state index in [1.807, 2.05) is 17.0 Å². The van der Waals surface area contributed by atoms with Gasteiger partial charge >= 0.3 is 0 Å². The average Bonchev–Trinajstić information content (AvgIpc) is 2.78. The number of alkyl halides is 1. The Kier molecular flexibility index (Phi) is 3.88. The van der Waals surface area contributed by atoms with Crippen LogP contribution in [0.1, 0.15) is 25.0 Å². The molecule has 0 spiro atoms. The fourth-order valence-electron chi connectivity index (χ4n) is 1.99. The second-order valence-corrected chi connectivity index (χ2v) is 4.78. The van der Waals surface area contributed by atoms with Crippen molar-refractivity contribution in [3.8, 4) is 0 Å². The molecule has 0 aromatic carbocycles. The van der Waals surface area contributed by atoms with E-state index in [9.17, 15) is 4.79 Å². The monoisotopic (exact) mass is 241 g/mol. The molecule has 2 rings (SSSR count). The summed E-state index contributed by atoms with van der Waals surface area (Å²) >= 11 is 6.04. The van der Waals surface area contributed by atoms with Crippen LogP contribution in [0.5, 0.6) is 0 Å². The molecule has 1 aliphatic heterocycles. The van der Waals surface area contributed by atoms with Crippen LogP contribution in [0.3, 0.4) is 0 Å². The second kappa shape index (κ2) is 5.39. The van der Waals surface area contributed by atoms with Crippen molar-refractivity contribution in [3.05, 3.63) is 24.2 Å². The van der Waals surface area contributed by atoms with E-state index in [0.717, 1.165) is 25.1 Å². The van der Waals surface area contributed by atoms with Gasteiger partial charge in [-0.15, -0.1) is 11.6 Å². The molecule has 3 nitrogen and oxygen atoms in total. The normalized spacial score (nSPS) is 21.1. The molecule has 1 atom stereocenters. The molecule has 1 aliphatic rings. The molecule has 1 amide bonds. The fourth-order valence-corrected chi connectivity index (χ4v) is 2.32. The predicted octanol–water partition coefficient (Wildman–Crippen LogP) is 2.44. The van der Waals surface area contributed by atoms with Gasteiger partial charge in [0.1, 0.15) is 5.76 Å². The van der Waals surface area contributed by atoms with E-state index in [1.54, 1.807) is 6.26 Å². The Labute approximate surface area is 100 Å². The first-order valence-corrected chi connectivity index (χ1v) is 6.13. The summed E-state index contributed by atoms with van der Waals surface area (Å²) in [4.78, 5) is 13.7. The minimum absolute atomic E-state index is 0.126. The molecule has 1 unspecified atom stereocenters. The highest BCUT2D eigenvalue weighted by atomic mass is 35.5. The number of hydrogen-bond donors (Lipinski definition) is 0. The average molecular weight is 242 g/mol. The van der Waals surface area contributed by atoms with E-state index in [1.165, 1.54) is 0 Å². The molecule has 0 bridgehead atoms. The molecule has 88 valence electrons. The summed E-state index contributed by atoms with van der Waals surface area (Å²) < 4.78 is 5.20. The number of carbonyl (C=O) groups is 1. The van der Waals surface area contributed by atoms with Gasteiger partial charge < -0.3 is 9.32 Å². The SMILES string of the molecule is O=C(CCc1ccco1)N1CCCC(Cl)C1. The summed E-state index contributed by atoms with van der Waals surface area (Å²) in [6.07, 6.45) is 4.85. The molecular formula is C12H16ClNO2. The lowest BCUT2D eigenvalue weighted by Gasteiger charge is -2.29. The van der Waals surface area contributed by atoms with Crippen molar-refractivity contribution in [1.29, 1.82) is 0 Å². The lowest BCUT2D eigenvalue weighted by molar-refractivity contribution is -0.132. The van der Waals surface area contributed by atoms with E-state index in [2.05, 4.69) is 0 Å². The van der Waals surface area contributed by atoms with Crippen LogP contribution in [0.2, 0.25) is 0 Å². The maximum atomic E-state index is 11.9. The van der Waals surface area contributed by atoms with Gasteiger partial charge in [-0.05, 0) is 25.0 Å². The molecule has 1 saturated heterocycles. The van der Waals surface area contributed by atoms with E-state index >= 15 is 0 Å². The minimum atomic E-state index is 0.126. The topological polar surface area (TPSA) is 33.5 Å². The number of halogens is 1. The van der Waals surface area contributed by atoms with Crippen LogP contribution in [-0.4, -0.2) is 29.3 Å². The molecule has 4 heteroatoms. The lowest BCUT2D eigenvalue weighted by Crippen LogP contribution is -2.40. The summed E-state index contributed by atoms with van der Waals surface area (Å²) in [5, 5.41) is 0.126. The Morgan fingerprint density at radius 1 is 1.62 bits per heavy atom. The van der Waals surface area contributed by atoms with Gasteiger partial charge in [-0.3, -0.25) is 4.79 Å². The van der Waals surface area contributed by atoms with Crippen molar-refractivity contribution in [1.82, 2.24) is 4.90 Å². The van der Waals surface area contributed by atoms with Crippen LogP contribution in [-0.2, 0) is 11.2 Å². The van der Waals surface area contributed by atoms with Crippen molar-refractivity contribution in [2.75, 3.05) is 13.1 Å². The summed E-state index contributed by atoms with van der Waals surface area (Å²) in [5.41, 5.74) is 0. The Bertz CT molecular complexity index is 337. The van der Waals surface area contributed by atoms with Crippen molar-refractivity contribution >= 4 is 17.5 Å². The molecule has 1 aromatic heterocycles. The zero-order valence-electron chi connectivity index (χ0n) is 9.19. The summed E-state index contributed by atoms with van der Waals surface area (Å²) in [6, 6.07) is 3.74. The van der Waals surface area contributed by atoms with Gasteiger partial charge in [0, 0.05) is 25.9 Å². The van der Waals surface area contributed by atoms with Gasteiger partial charge in [-0.2, -0.15) is 0 Å². The van der Waals surface area contributed by atoms with E-state index in [4.69, 9.17) is 16.0 Å². The smallest absolute Gasteiger partial charge is 0.223 e. The molecule has 0 aliphatic carbocycles. The number of piperidine rings is 1. The number of hydrogen-bond acceptors (Lipinski definition) is 2. The van der Waals surface area contributed by atoms with Gasteiger partial charge in [0.05, 0.1) is 11.6 Å². The van der Waals surface area contributed by atoms with Gasteiger partial charge in [-0.1, -0.05) is 0 Å². The third-order valence-electron chi connectivity index (χ3n) is 2.88. The third kappa shape index (κ3) is 3.01. The largest absolute Gasteiger partial charge is 0.469 e. The molecule has 0 radical (unpaired) electrons. The Hall–Kier alpha value is -0.960. The van der Waals surface area contributed by atoms with Crippen LogP contribution in [0, 0.1) is 0 Å². The Balaban J connectivity index is 1.79. The summed E-state index contributed by atoms with van der Waals surface area (Å²) in [7, 11) is 0. The molecule has 1 fully saturated rings. The number of furan rings is 1. The number of aryl methyl sites for hydroxylation is 1. The van der Waals surface area contributed by atoms with Crippen molar-refractivity contribution in [2.24, 2.45) is 0 Å². The molecule has 1 aromatic rings. The first-order chi connectivity index (χ1) is 7.75. The highest BCUT2D eigenvalue weighted by molar-refractivity contribution is 6.20. The van der Waals surface area contributed by atoms with Gasteiger partial charge in [0.25, 0.3) is 0 Å². The molecule has 2 heterocycles. The Morgan fingerprint density at radius 3 is 3.19 bits per heavy atom. The fraction of sp³-hybridized carbons (Fsp3) is 0.583. The van der Waals surface area contributed by atoms with E-state index in [-0.39, 0.29) is 11.3 Å². The third-order valence-corrected chi connectivity index (χ3v) is 3.24. The van der Waals surface area contributed by atoms with Gasteiger partial charge in [0.2, 0.25) is 5.91 Å². The maximum Gasteiger partial charge on any atom is 0.223 e. The molecule has 0 saturated carbocycles. The number of amides is 1.